The van der Waals surface area contributed by atoms with Gasteiger partial charge in [-0.2, -0.15) is 5.10 Å². The van der Waals surface area contributed by atoms with Gasteiger partial charge >= 0.3 is 6.03 Å². The van der Waals surface area contributed by atoms with Gasteiger partial charge in [-0.1, -0.05) is 18.2 Å². The molecule has 2 N–H and O–H groups in total. The Kier molecular flexibility index (Phi) is 6.03. The van der Waals surface area contributed by atoms with Gasteiger partial charge in [-0.3, -0.25) is 4.79 Å². The van der Waals surface area contributed by atoms with Crippen molar-refractivity contribution in [1.29, 1.82) is 0 Å². The van der Waals surface area contributed by atoms with E-state index in [0.29, 0.717) is 38.3 Å². The minimum absolute atomic E-state index is 0.0237. The molecular weight excluding hydrogens is 380 g/mol. The molecule has 0 bridgehead atoms. The van der Waals surface area contributed by atoms with E-state index in [1.165, 1.54) is 0 Å². The number of carbonyl (C=O) groups is 2. The van der Waals surface area contributed by atoms with E-state index in [4.69, 9.17) is 0 Å². The van der Waals surface area contributed by atoms with Crippen LogP contribution in [0.4, 0.5) is 10.5 Å². The molecule has 1 aromatic carbocycles. The van der Waals surface area contributed by atoms with E-state index in [-0.39, 0.29) is 17.9 Å². The van der Waals surface area contributed by atoms with Crippen LogP contribution in [0.1, 0.15) is 18.4 Å². The third-order valence-electron chi connectivity index (χ3n) is 5.19. The van der Waals surface area contributed by atoms with E-state index in [1.54, 1.807) is 22.0 Å². The maximum atomic E-state index is 12.6. The van der Waals surface area contributed by atoms with Crippen molar-refractivity contribution in [3.63, 3.8) is 0 Å². The fraction of sp³-hybridized carbons (Fsp3) is 0.273. The monoisotopic (exact) mass is 404 g/mol. The highest BCUT2D eigenvalue weighted by Crippen LogP contribution is 2.19. The van der Waals surface area contributed by atoms with E-state index in [0.717, 1.165) is 11.3 Å². The first kappa shape index (κ1) is 19.6. The van der Waals surface area contributed by atoms with Crippen LogP contribution in [0.2, 0.25) is 0 Å². The van der Waals surface area contributed by atoms with Gasteiger partial charge in [0.2, 0.25) is 5.91 Å². The summed E-state index contributed by atoms with van der Waals surface area (Å²) in [6.45, 7) is 1.56. The molecule has 8 heteroatoms. The zero-order valence-electron chi connectivity index (χ0n) is 16.6. The molecule has 4 rings (SSSR count). The standard InChI is InChI=1S/C22H24N6O2/c29-21(24-16-17-7-11-23-20(15-17)28-12-4-10-25-28)18-8-13-27(14-9-18)22(30)26-19-5-2-1-3-6-19/h1-7,10-12,15,18H,8-9,13-14,16H2,(H,24,29)(H,26,30). The van der Waals surface area contributed by atoms with Gasteiger partial charge in [-0.25, -0.2) is 14.5 Å². The lowest BCUT2D eigenvalue weighted by atomic mass is 9.96. The molecular formula is C22H24N6O2. The molecule has 154 valence electrons. The lowest BCUT2D eigenvalue weighted by Crippen LogP contribution is -2.44. The summed E-state index contributed by atoms with van der Waals surface area (Å²) in [6.07, 6.45) is 6.54. The van der Waals surface area contributed by atoms with Crippen molar-refractivity contribution in [3.05, 3.63) is 72.7 Å². The number of hydrogen-bond donors (Lipinski definition) is 2. The molecule has 0 radical (unpaired) electrons. The van der Waals surface area contributed by atoms with Crippen molar-refractivity contribution in [2.24, 2.45) is 5.92 Å². The number of para-hydroxylation sites is 1. The number of hydrogen-bond acceptors (Lipinski definition) is 4. The molecule has 1 saturated heterocycles. The molecule has 2 aromatic heterocycles. The van der Waals surface area contributed by atoms with Gasteiger partial charge in [0.1, 0.15) is 0 Å². The number of carbonyl (C=O) groups excluding carboxylic acids is 2. The van der Waals surface area contributed by atoms with Crippen LogP contribution in [0.15, 0.2) is 67.1 Å². The average molecular weight is 404 g/mol. The number of rotatable bonds is 5. The highest BCUT2D eigenvalue weighted by molar-refractivity contribution is 5.89. The molecule has 8 nitrogen and oxygen atoms in total. The van der Waals surface area contributed by atoms with Crippen LogP contribution in [0, 0.1) is 5.92 Å². The highest BCUT2D eigenvalue weighted by Gasteiger charge is 2.27. The smallest absolute Gasteiger partial charge is 0.321 e. The summed E-state index contributed by atoms with van der Waals surface area (Å²) < 4.78 is 1.68. The van der Waals surface area contributed by atoms with Crippen LogP contribution in [0.3, 0.4) is 0 Å². The molecule has 0 saturated carbocycles. The number of nitrogens with one attached hydrogen (secondary N) is 2. The maximum absolute atomic E-state index is 12.6. The van der Waals surface area contributed by atoms with Crippen molar-refractivity contribution >= 4 is 17.6 Å². The van der Waals surface area contributed by atoms with Gasteiger partial charge in [-0.15, -0.1) is 0 Å². The van der Waals surface area contributed by atoms with Crippen molar-refractivity contribution in [3.8, 4) is 5.82 Å². The lowest BCUT2D eigenvalue weighted by Gasteiger charge is -2.31. The van der Waals surface area contributed by atoms with E-state index < -0.39 is 0 Å². The Bertz CT molecular complexity index is 982. The van der Waals surface area contributed by atoms with E-state index in [9.17, 15) is 9.59 Å². The van der Waals surface area contributed by atoms with Gasteiger partial charge in [0.05, 0.1) is 0 Å². The summed E-state index contributed by atoms with van der Waals surface area (Å²) in [5, 5.41) is 10.1. The molecule has 1 aliphatic heterocycles. The van der Waals surface area contributed by atoms with Crippen LogP contribution >= 0.6 is 0 Å². The summed E-state index contributed by atoms with van der Waals surface area (Å²) in [7, 11) is 0. The van der Waals surface area contributed by atoms with Crippen LogP contribution in [-0.2, 0) is 11.3 Å². The van der Waals surface area contributed by atoms with Crippen LogP contribution in [0.5, 0.6) is 0 Å². The quantitative estimate of drug-likeness (QED) is 0.684. The molecule has 3 aromatic rings. The molecule has 30 heavy (non-hydrogen) atoms. The predicted molar refractivity (Wildman–Crippen MR) is 113 cm³/mol. The third kappa shape index (κ3) is 4.83. The zero-order chi connectivity index (χ0) is 20.8. The van der Waals surface area contributed by atoms with E-state index in [1.807, 2.05) is 54.7 Å². The first-order chi connectivity index (χ1) is 14.7. The Morgan fingerprint density at radius 1 is 1.03 bits per heavy atom. The number of urea groups is 1. The SMILES string of the molecule is O=C(NCc1ccnc(-n2cccn2)c1)C1CCN(C(=O)Nc2ccccc2)CC1. The minimum Gasteiger partial charge on any atom is -0.352 e. The summed E-state index contributed by atoms with van der Waals surface area (Å²) in [4.78, 5) is 31.0. The average Bonchev–Trinajstić information content (AvgIpc) is 3.33. The minimum atomic E-state index is -0.122. The van der Waals surface area contributed by atoms with Crippen LogP contribution in [-0.4, -0.2) is 44.7 Å². The van der Waals surface area contributed by atoms with Crippen molar-refractivity contribution in [2.45, 2.75) is 19.4 Å². The molecule has 3 amide bonds. The summed E-state index contributed by atoms with van der Waals surface area (Å²) >= 11 is 0. The number of benzene rings is 1. The van der Waals surface area contributed by atoms with Crippen LogP contribution < -0.4 is 10.6 Å². The number of pyridine rings is 1. The summed E-state index contributed by atoms with van der Waals surface area (Å²) in [6, 6.07) is 14.9. The molecule has 1 fully saturated rings. The Balaban J connectivity index is 1.25. The Morgan fingerprint density at radius 3 is 2.57 bits per heavy atom. The number of likely N-dealkylation sites (tertiary alicyclic amines) is 1. The first-order valence-corrected chi connectivity index (χ1v) is 10.0. The topological polar surface area (TPSA) is 92.2 Å². The Morgan fingerprint density at radius 2 is 1.83 bits per heavy atom. The molecule has 3 heterocycles. The van der Waals surface area contributed by atoms with Gasteiger partial charge < -0.3 is 15.5 Å². The molecule has 1 aliphatic rings. The predicted octanol–water partition coefficient (Wildman–Crippen LogP) is 2.83. The highest BCUT2D eigenvalue weighted by atomic mass is 16.2. The van der Waals surface area contributed by atoms with Gasteiger partial charge in [0.25, 0.3) is 0 Å². The summed E-state index contributed by atoms with van der Waals surface area (Å²) in [5.74, 6) is 0.651. The second kappa shape index (κ2) is 9.21. The number of nitrogens with zero attached hydrogens (tertiary/aromatic N) is 4. The van der Waals surface area contributed by atoms with Crippen molar-refractivity contribution < 1.29 is 9.59 Å². The molecule has 0 aliphatic carbocycles. The number of piperidine rings is 1. The van der Waals surface area contributed by atoms with Gasteiger partial charge in [0.15, 0.2) is 5.82 Å². The second-order valence-corrected chi connectivity index (χ2v) is 7.25. The van der Waals surface area contributed by atoms with Crippen molar-refractivity contribution in [1.82, 2.24) is 25.0 Å². The molecule has 0 unspecified atom stereocenters. The normalized spacial score (nSPS) is 14.3. The van der Waals surface area contributed by atoms with E-state index >= 15 is 0 Å². The Hall–Kier alpha value is -3.68. The van der Waals surface area contributed by atoms with Crippen LogP contribution in [0.25, 0.3) is 5.82 Å². The van der Waals surface area contributed by atoms with Crippen molar-refractivity contribution in [2.75, 3.05) is 18.4 Å². The number of amides is 3. The fourth-order valence-corrected chi connectivity index (χ4v) is 3.50. The maximum Gasteiger partial charge on any atom is 0.321 e. The zero-order valence-corrected chi connectivity index (χ0v) is 16.6. The Labute approximate surface area is 174 Å². The first-order valence-electron chi connectivity index (χ1n) is 10.0. The number of aromatic nitrogens is 3. The third-order valence-corrected chi connectivity index (χ3v) is 5.19. The van der Waals surface area contributed by atoms with E-state index in [2.05, 4.69) is 20.7 Å². The molecule has 0 atom stereocenters. The second-order valence-electron chi connectivity index (χ2n) is 7.25. The fourth-order valence-electron chi connectivity index (χ4n) is 3.50. The van der Waals surface area contributed by atoms with Gasteiger partial charge in [-0.05, 0) is 48.7 Å². The largest absolute Gasteiger partial charge is 0.352 e. The summed E-state index contributed by atoms with van der Waals surface area (Å²) in [5.41, 5.74) is 1.73. The molecule has 0 spiro atoms. The van der Waals surface area contributed by atoms with Gasteiger partial charge in [0, 0.05) is 49.8 Å². The lowest BCUT2D eigenvalue weighted by molar-refractivity contribution is -0.126. The number of anilines is 1.